The highest BCUT2D eigenvalue weighted by atomic mass is 79.9. The van der Waals surface area contributed by atoms with Gasteiger partial charge in [0.1, 0.15) is 0 Å². The van der Waals surface area contributed by atoms with Crippen molar-refractivity contribution in [3.63, 3.8) is 0 Å². The lowest BCUT2D eigenvalue weighted by Gasteiger charge is -2.35. The summed E-state index contributed by atoms with van der Waals surface area (Å²) in [5, 5.41) is 10.4. The molecule has 0 saturated heterocycles. The van der Waals surface area contributed by atoms with Crippen LogP contribution in [-0.4, -0.2) is 17.2 Å². The maximum absolute atomic E-state index is 14.1. The molecule has 2 aromatic carbocycles. The van der Waals surface area contributed by atoms with Gasteiger partial charge >= 0.3 is 12.1 Å². The minimum atomic E-state index is -5.93. The first-order chi connectivity index (χ1) is 11.1. The third-order valence-corrected chi connectivity index (χ3v) is 4.13. The van der Waals surface area contributed by atoms with E-state index in [4.69, 9.17) is 0 Å². The molecule has 7 heteroatoms. The van der Waals surface area contributed by atoms with Crippen LogP contribution in [0.5, 0.6) is 0 Å². The monoisotopic (exact) mass is 406 g/mol. The van der Waals surface area contributed by atoms with Crippen molar-refractivity contribution in [1.29, 1.82) is 0 Å². The van der Waals surface area contributed by atoms with Gasteiger partial charge < -0.3 is 5.11 Å². The van der Waals surface area contributed by atoms with Crippen LogP contribution >= 0.6 is 15.9 Å². The Hall–Kier alpha value is -1.73. The van der Waals surface area contributed by atoms with E-state index in [1.54, 1.807) is 18.2 Å². The molecule has 0 amide bonds. The Morgan fingerprint density at radius 3 is 1.92 bits per heavy atom. The average Bonchev–Trinajstić information content (AvgIpc) is 2.53. The van der Waals surface area contributed by atoms with Gasteiger partial charge in [-0.05, 0) is 17.7 Å². The zero-order valence-corrected chi connectivity index (χ0v) is 13.7. The molecule has 1 unspecified atom stereocenters. The zero-order valence-electron chi connectivity index (χ0n) is 12.1. The summed E-state index contributed by atoms with van der Waals surface area (Å²) in [7, 11) is 0. The number of hydrogen-bond acceptors (Lipinski definition) is 1. The molecule has 1 nitrogen and oxygen atoms in total. The van der Waals surface area contributed by atoms with Crippen molar-refractivity contribution in [2.24, 2.45) is 0 Å². The van der Waals surface area contributed by atoms with Crippen molar-refractivity contribution < 1.29 is 27.1 Å². The Labute approximate surface area is 143 Å². The van der Waals surface area contributed by atoms with Crippen LogP contribution < -0.4 is 0 Å². The lowest BCUT2D eigenvalue weighted by Crippen LogP contribution is -2.54. The van der Waals surface area contributed by atoms with Gasteiger partial charge in [-0.1, -0.05) is 70.5 Å². The summed E-state index contributed by atoms with van der Waals surface area (Å²) >= 11 is 2.92. The highest BCUT2D eigenvalue weighted by molar-refractivity contribution is 9.10. The molecule has 1 atom stereocenters. The van der Waals surface area contributed by atoms with E-state index in [-0.39, 0.29) is 4.47 Å². The van der Waals surface area contributed by atoms with Crippen LogP contribution in [0.3, 0.4) is 0 Å². The minimum Gasteiger partial charge on any atom is -0.375 e. The Balaban J connectivity index is 2.62. The summed E-state index contributed by atoms with van der Waals surface area (Å²) in [5.41, 5.74) is -3.78. The van der Waals surface area contributed by atoms with Crippen molar-refractivity contribution in [3.8, 4) is 0 Å². The molecule has 1 N–H and O–H groups in total. The summed E-state index contributed by atoms with van der Waals surface area (Å²) < 4.78 is 66.9. The Morgan fingerprint density at radius 1 is 0.833 bits per heavy atom. The second-order valence-electron chi connectivity index (χ2n) is 5.06. The average molecular weight is 407 g/mol. The van der Waals surface area contributed by atoms with E-state index in [0.717, 1.165) is 12.1 Å². The number of halogens is 6. The van der Waals surface area contributed by atoms with Gasteiger partial charge in [-0.15, -0.1) is 0 Å². The van der Waals surface area contributed by atoms with Gasteiger partial charge in [0, 0.05) is 10.0 Å². The topological polar surface area (TPSA) is 20.2 Å². The Bertz CT molecular complexity index is 727. The highest BCUT2D eigenvalue weighted by Gasteiger charge is 2.70. The first kappa shape index (κ1) is 18.6. The van der Waals surface area contributed by atoms with E-state index in [9.17, 15) is 27.1 Å². The normalized spacial score (nSPS) is 15.5. The molecule has 0 heterocycles. The maximum atomic E-state index is 14.1. The van der Waals surface area contributed by atoms with Crippen LogP contribution in [0, 0.1) is 0 Å². The van der Waals surface area contributed by atoms with E-state index in [1.807, 2.05) is 0 Å². The maximum Gasteiger partial charge on any atom is 0.457 e. The third-order valence-electron chi connectivity index (χ3n) is 3.44. The quantitative estimate of drug-likeness (QED) is 0.660. The van der Waals surface area contributed by atoms with Crippen molar-refractivity contribution in [3.05, 3.63) is 76.3 Å². The fourth-order valence-corrected chi connectivity index (χ4v) is 2.72. The standard InChI is InChI=1S/C17H12BrF5O/c18-14-9-5-4-8-13(14)15(24,16(19,20)17(21,22)23)11-10-12-6-2-1-3-7-12/h1-11,24H/b11-10+. The SMILES string of the molecule is OC(/C=C/c1ccccc1)(c1ccccc1Br)C(F)(F)C(F)(F)F. The number of benzene rings is 2. The molecule has 0 saturated carbocycles. The zero-order chi connectivity index (χ0) is 18.0. The fourth-order valence-electron chi connectivity index (χ4n) is 2.13. The predicted octanol–water partition coefficient (Wildman–Crippen LogP) is 5.55. The van der Waals surface area contributed by atoms with E-state index in [1.165, 1.54) is 30.3 Å². The van der Waals surface area contributed by atoms with E-state index >= 15 is 0 Å². The van der Waals surface area contributed by atoms with Crippen molar-refractivity contribution >= 4 is 22.0 Å². The summed E-state index contributed by atoms with van der Waals surface area (Å²) in [6.45, 7) is 0. The van der Waals surface area contributed by atoms with Crippen LogP contribution in [0.15, 0.2) is 65.1 Å². The van der Waals surface area contributed by atoms with Crippen molar-refractivity contribution in [2.45, 2.75) is 17.7 Å². The summed E-state index contributed by atoms with van der Waals surface area (Å²) in [4.78, 5) is 0. The summed E-state index contributed by atoms with van der Waals surface area (Å²) in [6, 6.07) is 12.9. The number of aliphatic hydroxyl groups is 1. The van der Waals surface area contributed by atoms with Gasteiger partial charge in [-0.25, -0.2) is 0 Å². The molecule has 0 aliphatic carbocycles. The molecule has 0 fully saturated rings. The first-order valence-electron chi connectivity index (χ1n) is 6.76. The molecule has 24 heavy (non-hydrogen) atoms. The molecular weight excluding hydrogens is 395 g/mol. The molecule has 0 aliphatic heterocycles. The molecule has 0 aromatic heterocycles. The van der Waals surface area contributed by atoms with Crippen LogP contribution in [0.4, 0.5) is 22.0 Å². The van der Waals surface area contributed by atoms with Gasteiger partial charge in [0.25, 0.3) is 0 Å². The van der Waals surface area contributed by atoms with Gasteiger partial charge in [0.05, 0.1) is 0 Å². The van der Waals surface area contributed by atoms with Crippen molar-refractivity contribution in [1.82, 2.24) is 0 Å². The molecule has 2 aromatic rings. The molecule has 0 aliphatic rings. The lowest BCUT2D eigenvalue weighted by molar-refractivity contribution is -0.334. The second kappa shape index (κ2) is 6.64. The fraction of sp³-hybridized carbons (Fsp3) is 0.176. The van der Waals surface area contributed by atoms with Gasteiger partial charge in [-0.3, -0.25) is 0 Å². The van der Waals surface area contributed by atoms with E-state index < -0.39 is 23.3 Å². The number of rotatable bonds is 4. The number of alkyl halides is 5. The lowest BCUT2D eigenvalue weighted by atomic mass is 9.85. The van der Waals surface area contributed by atoms with Gasteiger partial charge in [-0.2, -0.15) is 22.0 Å². The molecule has 2 rings (SSSR count). The highest BCUT2D eigenvalue weighted by Crippen LogP contribution is 2.50. The minimum absolute atomic E-state index is 0.0610. The largest absolute Gasteiger partial charge is 0.457 e. The van der Waals surface area contributed by atoms with Crippen LogP contribution in [0.2, 0.25) is 0 Å². The second-order valence-corrected chi connectivity index (χ2v) is 5.92. The molecule has 128 valence electrons. The van der Waals surface area contributed by atoms with Crippen LogP contribution in [0.25, 0.3) is 6.08 Å². The van der Waals surface area contributed by atoms with Crippen LogP contribution in [0.1, 0.15) is 11.1 Å². The van der Waals surface area contributed by atoms with Crippen molar-refractivity contribution in [2.75, 3.05) is 0 Å². The molecule has 0 bridgehead atoms. The van der Waals surface area contributed by atoms with Crippen LogP contribution in [-0.2, 0) is 5.60 Å². The smallest absolute Gasteiger partial charge is 0.375 e. The van der Waals surface area contributed by atoms with Gasteiger partial charge in [0.2, 0.25) is 0 Å². The summed E-state index contributed by atoms with van der Waals surface area (Å²) in [5.74, 6) is -5.39. The van der Waals surface area contributed by atoms with E-state index in [2.05, 4.69) is 15.9 Å². The summed E-state index contributed by atoms with van der Waals surface area (Å²) in [6.07, 6.45) is -4.44. The Kier molecular flexibility index (Phi) is 5.15. The molecular formula is C17H12BrF5O. The van der Waals surface area contributed by atoms with E-state index in [0.29, 0.717) is 11.6 Å². The first-order valence-corrected chi connectivity index (χ1v) is 7.55. The number of hydrogen-bond donors (Lipinski definition) is 1. The molecule has 0 radical (unpaired) electrons. The van der Waals surface area contributed by atoms with Gasteiger partial charge in [0.15, 0.2) is 5.60 Å². The third kappa shape index (κ3) is 3.37. The molecule has 0 spiro atoms. The Morgan fingerprint density at radius 2 is 1.38 bits per heavy atom. The predicted molar refractivity (Wildman–Crippen MR) is 84.5 cm³/mol.